The molecule has 0 fully saturated rings. The third kappa shape index (κ3) is 2.75. The summed E-state index contributed by atoms with van der Waals surface area (Å²) in [6.07, 6.45) is 2.29. The van der Waals surface area contributed by atoms with Gasteiger partial charge in [-0.25, -0.2) is 4.68 Å². The van der Waals surface area contributed by atoms with Gasteiger partial charge >= 0.3 is 0 Å². The molecular weight excluding hydrogens is 367 g/mol. The molecule has 4 nitrogen and oxygen atoms in total. The van der Waals surface area contributed by atoms with E-state index < -0.39 is 0 Å². The van der Waals surface area contributed by atoms with Crippen LogP contribution >= 0.6 is 34.8 Å². The third-order valence-electron chi connectivity index (χ3n) is 4.23. The van der Waals surface area contributed by atoms with E-state index in [2.05, 4.69) is 15.4 Å². The smallest absolute Gasteiger partial charge is 0.222 e. The molecule has 0 saturated heterocycles. The van der Waals surface area contributed by atoms with E-state index >= 15 is 0 Å². The second kappa shape index (κ2) is 6.28. The fraction of sp³-hybridized carbons (Fsp3) is 0.176. The van der Waals surface area contributed by atoms with Crippen LogP contribution in [0.15, 0.2) is 48.8 Å². The quantitative estimate of drug-likeness (QED) is 0.649. The summed E-state index contributed by atoms with van der Waals surface area (Å²) >= 11 is 18.8. The van der Waals surface area contributed by atoms with Gasteiger partial charge < -0.3 is 5.32 Å². The normalized spacial score (nSPS) is 19.6. The Morgan fingerprint density at radius 1 is 1.00 bits per heavy atom. The monoisotopic (exact) mass is 378 g/mol. The van der Waals surface area contributed by atoms with Crippen molar-refractivity contribution in [3.8, 4) is 0 Å². The van der Waals surface area contributed by atoms with Crippen molar-refractivity contribution < 1.29 is 0 Å². The Morgan fingerprint density at radius 2 is 1.83 bits per heavy atom. The molecule has 0 bridgehead atoms. The molecule has 0 saturated carbocycles. The van der Waals surface area contributed by atoms with Crippen molar-refractivity contribution in [1.29, 1.82) is 0 Å². The van der Waals surface area contributed by atoms with E-state index in [0.29, 0.717) is 16.0 Å². The van der Waals surface area contributed by atoms with Crippen molar-refractivity contribution in [1.82, 2.24) is 14.8 Å². The van der Waals surface area contributed by atoms with Crippen molar-refractivity contribution in [2.24, 2.45) is 0 Å². The van der Waals surface area contributed by atoms with Gasteiger partial charge in [-0.05, 0) is 35.7 Å². The Hall–Kier alpha value is -1.75. The van der Waals surface area contributed by atoms with Crippen LogP contribution in [0.25, 0.3) is 0 Å². The van der Waals surface area contributed by atoms with Crippen molar-refractivity contribution in [3.63, 3.8) is 0 Å². The molecule has 3 aromatic rings. The van der Waals surface area contributed by atoms with E-state index in [9.17, 15) is 0 Å². The maximum atomic E-state index is 6.43. The fourth-order valence-corrected chi connectivity index (χ4v) is 3.91. The number of hydrogen-bond donors (Lipinski definition) is 1. The Morgan fingerprint density at radius 3 is 2.62 bits per heavy atom. The number of hydrogen-bond acceptors (Lipinski definition) is 3. The van der Waals surface area contributed by atoms with Crippen LogP contribution < -0.4 is 5.32 Å². The number of nitrogens with zero attached hydrogens (tertiary/aromatic N) is 3. The second-order valence-corrected chi connectivity index (χ2v) is 6.91. The van der Waals surface area contributed by atoms with E-state index in [1.54, 1.807) is 6.07 Å². The lowest BCUT2D eigenvalue weighted by Crippen LogP contribution is -2.28. The summed E-state index contributed by atoms with van der Waals surface area (Å²) in [5.41, 5.74) is 2.00. The minimum absolute atomic E-state index is 0.0205. The van der Waals surface area contributed by atoms with Gasteiger partial charge in [-0.15, -0.1) is 0 Å². The van der Waals surface area contributed by atoms with Crippen LogP contribution in [0.3, 0.4) is 0 Å². The van der Waals surface area contributed by atoms with Crippen LogP contribution in [0, 0.1) is 0 Å². The first-order valence-electron chi connectivity index (χ1n) is 7.49. The predicted octanol–water partition coefficient (Wildman–Crippen LogP) is 5.38. The van der Waals surface area contributed by atoms with Crippen LogP contribution in [0.5, 0.6) is 0 Å². The van der Waals surface area contributed by atoms with Crippen LogP contribution in [0.4, 0.5) is 5.95 Å². The Balaban J connectivity index is 1.78. The average Bonchev–Trinajstić information content (AvgIpc) is 3.03. The molecule has 1 aliphatic heterocycles. The number of halogens is 3. The molecule has 122 valence electrons. The molecule has 24 heavy (non-hydrogen) atoms. The van der Waals surface area contributed by atoms with Gasteiger partial charge in [0.25, 0.3) is 0 Å². The van der Waals surface area contributed by atoms with Gasteiger partial charge in [-0.3, -0.25) is 0 Å². The lowest BCUT2D eigenvalue weighted by atomic mass is 9.93. The number of aromatic nitrogens is 3. The van der Waals surface area contributed by atoms with Gasteiger partial charge in [0.1, 0.15) is 6.33 Å². The van der Waals surface area contributed by atoms with Gasteiger partial charge in [0, 0.05) is 15.1 Å². The highest BCUT2D eigenvalue weighted by molar-refractivity contribution is 6.35. The molecule has 1 N–H and O–H groups in total. The molecule has 0 aliphatic carbocycles. The first-order chi connectivity index (χ1) is 11.6. The van der Waals surface area contributed by atoms with Crippen LogP contribution in [0.1, 0.15) is 29.6 Å². The lowest BCUT2D eigenvalue weighted by Gasteiger charge is -2.32. The average molecular weight is 380 g/mol. The summed E-state index contributed by atoms with van der Waals surface area (Å²) in [5, 5.41) is 9.70. The molecule has 0 unspecified atom stereocenters. The van der Waals surface area contributed by atoms with Gasteiger partial charge in [0.05, 0.1) is 12.1 Å². The topological polar surface area (TPSA) is 42.7 Å². The summed E-state index contributed by atoms with van der Waals surface area (Å²) in [6, 6.07) is 13.3. The number of anilines is 1. The number of nitrogens with one attached hydrogen (secondary N) is 1. The molecule has 2 atom stereocenters. The van der Waals surface area contributed by atoms with Gasteiger partial charge in [-0.2, -0.15) is 10.1 Å². The lowest BCUT2D eigenvalue weighted by molar-refractivity contribution is 0.431. The van der Waals surface area contributed by atoms with Crippen molar-refractivity contribution >= 4 is 40.8 Å². The maximum absolute atomic E-state index is 6.43. The minimum atomic E-state index is -0.0465. The summed E-state index contributed by atoms with van der Waals surface area (Å²) in [4.78, 5) is 4.31. The van der Waals surface area contributed by atoms with Crippen molar-refractivity contribution in [2.75, 3.05) is 5.32 Å². The maximum Gasteiger partial charge on any atom is 0.222 e. The highest BCUT2D eigenvalue weighted by atomic mass is 35.5. The number of fused-ring (bicyclic) bond motifs is 1. The van der Waals surface area contributed by atoms with Crippen molar-refractivity contribution in [2.45, 2.75) is 18.5 Å². The summed E-state index contributed by atoms with van der Waals surface area (Å²) in [6.45, 7) is 0. The SMILES string of the molecule is Clc1ccc([C@@H]2C[C@@H](c3ccccc3Cl)Nc3ncnn32)c(Cl)c1. The Bertz CT molecular complexity index is 893. The van der Waals surface area contributed by atoms with E-state index in [1.807, 2.05) is 41.1 Å². The van der Waals surface area contributed by atoms with Crippen LogP contribution in [-0.2, 0) is 0 Å². The zero-order chi connectivity index (χ0) is 16.7. The second-order valence-electron chi connectivity index (χ2n) is 5.66. The number of rotatable bonds is 2. The zero-order valence-corrected chi connectivity index (χ0v) is 14.7. The first-order valence-corrected chi connectivity index (χ1v) is 8.62. The molecule has 1 aromatic heterocycles. The molecule has 0 amide bonds. The van der Waals surface area contributed by atoms with Gasteiger partial charge in [-0.1, -0.05) is 59.1 Å². The molecule has 2 heterocycles. The highest BCUT2D eigenvalue weighted by Crippen LogP contribution is 2.41. The van der Waals surface area contributed by atoms with E-state index in [0.717, 1.165) is 22.6 Å². The summed E-state index contributed by atoms with van der Waals surface area (Å²) in [7, 11) is 0. The van der Waals surface area contributed by atoms with Gasteiger partial charge in [0.15, 0.2) is 0 Å². The fourth-order valence-electron chi connectivity index (χ4n) is 3.11. The molecule has 7 heteroatoms. The van der Waals surface area contributed by atoms with Crippen LogP contribution in [0.2, 0.25) is 15.1 Å². The third-order valence-corrected chi connectivity index (χ3v) is 5.14. The predicted molar refractivity (Wildman–Crippen MR) is 97.1 cm³/mol. The van der Waals surface area contributed by atoms with E-state index in [1.165, 1.54) is 6.33 Å². The highest BCUT2D eigenvalue weighted by Gasteiger charge is 2.31. The standard InChI is InChI=1S/C17H13Cl3N4/c18-10-5-6-12(14(20)7-10)16-8-15(11-3-1-2-4-13(11)19)23-17-21-9-22-24(16)17/h1-7,9,15-16H,8H2,(H,21,22,23)/t15-,16-/m0/s1. The molecular formula is C17H13Cl3N4. The summed E-state index contributed by atoms with van der Waals surface area (Å²) in [5.74, 6) is 0.696. The van der Waals surface area contributed by atoms with E-state index in [4.69, 9.17) is 34.8 Å². The summed E-state index contributed by atoms with van der Waals surface area (Å²) < 4.78 is 1.85. The zero-order valence-electron chi connectivity index (χ0n) is 12.5. The Kier molecular flexibility index (Phi) is 4.12. The molecule has 1 aliphatic rings. The first kappa shape index (κ1) is 15.8. The minimum Gasteiger partial charge on any atom is -0.347 e. The Labute approximate surface area is 154 Å². The number of benzene rings is 2. The van der Waals surface area contributed by atoms with Gasteiger partial charge in [0.2, 0.25) is 5.95 Å². The molecule has 4 rings (SSSR count). The largest absolute Gasteiger partial charge is 0.347 e. The van der Waals surface area contributed by atoms with Crippen molar-refractivity contribution in [3.05, 3.63) is 75.0 Å². The molecule has 2 aromatic carbocycles. The molecule has 0 radical (unpaired) electrons. The van der Waals surface area contributed by atoms with E-state index in [-0.39, 0.29) is 12.1 Å². The van der Waals surface area contributed by atoms with Crippen LogP contribution in [-0.4, -0.2) is 14.8 Å². The molecule has 0 spiro atoms.